The summed E-state index contributed by atoms with van der Waals surface area (Å²) in [6.07, 6.45) is 5.32. The van der Waals surface area contributed by atoms with Gasteiger partial charge in [0.15, 0.2) is 0 Å². The van der Waals surface area contributed by atoms with Crippen LogP contribution in [0.5, 0.6) is 0 Å². The molecule has 1 fully saturated rings. The average Bonchev–Trinajstić information content (AvgIpc) is 1.87. The second-order valence-corrected chi connectivity index (χ2v) is 7.40. The molecule has 0 amide bonds. The lowest BCUT2D eigenvalue weighted by Gasteiger charge is -2.33. The maximum Gasteiger partial charge on any atom is 0.0841 e. The fraction of sp³-hybridized carbons (Fsp3) is 1.00. The van der Waals surface area contributed by atoms with Crippen molar-refractivity contribution >= 4 is 47.8 Å². The lowest BCUT2D eigenvalue weighted by atomic mass is 9.91. The number of hydrogen-bond donors (Lipinski definition) is 0. The lowest BCUT2D eigenvalue weighted by molar-refractivity contribution is 0.391. The molecule has 1 saturated carbocycles. The van der Waals surface area contributed by atoms with E-state index >= 15 is 0 Å². The van der Waals surface area contributed by atoms with E-state index in [0.717, 1.165) is 11.2 Å². The molecule has 0 aromatic rings. The smallest absolute Gasteiger partial charge is 0.0841 e. The van der Waals surface area contributed by atoms with Crippen molar-refractivity contribution < 1.29 is 0 Å². The van der Waals surface area contributed by atoms with Crippen LogP contribution < -0.4 is 0 Å². The summed E-state index contributed by atoms with van der Waals surface area (Å²) in [6.45, 7) is 0. The fourth-order valence-corrected chi connectivity index (χ4v) is 4.44. The number of halogens is 3. The summed E-state index contributed by atoms with van der Waals surface area (Å²) in [5, 5.41) is 1.10. The molecule has 0 heterocycles. The van der Waals surface area contributed by atoms with Gasteiger partial charge in [0.1, 0.15) is 0 Å². The Labute approximate surface area is 87.5 Å². The van der Waals surface area contributed by atoms with E-state index in [-0.39, 0.29) is 3.23 Å². The van der Waals surface area contributed by atoms with Crippen LogP contribution in [0.25, 0.3) is 0 Å². The van der Waals surface area contributed by atoms with E-state index in [2.05, 4.69) is 47.8 Å². The Balaban J connectivity index is 2.51. The van der Waals surface area contributed by atoms with Crippen LogP contribution in [0.3, 0.4) is 0 Å². The van der Waals surface area contributed by atoms with Gasteiger partial charge in [-0.25, -0.2) is 0 Å². The van der Waals surface area contributed by atoms with Gasteiger partial charge in [-0.2, -0.15) is 0 Å². The van der Waals surface area contributed by atoms with E-state index < -0.39 is 0 Å². The lowest BCUT2D eigenvalue weighted by Crippen LogP contribution is -2.29. The number of alkyl halides is 3. The van der Waals surface area contributed by atoms with Gasteiger partial charge in [-0.05, 0) is 18.8 Å². The molecule has 0 aliphatic heterocycles. The first kappa shape index (κ1) is 9.53. The molecule has 0 saturated heterocycles. The minimum Gasteiger partial charge on any atom is -0.0924 e. The van der Waals surface area contributed by atoms with E-state index in [1.165, 1.54) is 25.7 Å². The predicted molar refractivity (Wildman–Crippen MR) is 56.3 cm³/mol. The van der Waals surface area contributed by atoms with Crippen molar-refractivity contribution in [3.8, 4) is 0 Å². The monoisotopic (exact) mass is 332 g/mol. The summed E-state index contributed by atoms with van der Waals surface area (Å²) in [6, 6.07) is 0. The first-order valence-electron chi connectivity index (χ1n) is 3.60. The van der Waals surface area contributed by atoms with Crippen LogP contribution in [0.15, 0.2) is 0 Å². The van der Waals surface area contributed by atoms with Crippen LogP contribution in [0, 0.1) is 5.92 Å². The van der Waals surface area contributed by atoms with Crippen LogP contribution in [-0.4, -0.2) is 8.56 Å². The highest BCUT2D eigenvalue weighted by molar-refractivity contribution is 9.25. The van der Waals surface area contributed by atoms with E-state index in [1.54, 1.807) is 0 Å². The van der Waals surface area contributed by atoms with Gasteiger partial charge in [0.2, 0.25) is 0 Å². The molecule has 1 rings (SSSR count). The Hall–Kier alpha value is 1.44. The third-order valence-corrected chi connectivity index (χ3v) is 4.97. The Morgan fingerprint density at radius 2 is 2.00 bits per heavy atom. The normalized spacial score (nSPS) is 32.1. The van der Waals surface area contributed by atoms with E-state index in [4.69, 9.17) is 0 Å². The Morgan fingerprint density at radius 3 is 2.40 bits per heavy atom. The summed E-state index contributed by atoms with van der Waals surface area (Å²) in [7, 11) is 0. The third kappa shape index (κ3) is 2.21. The molecule has 1 aliphatic rings. The van der Waals surface area contributed by atoms with Crippen molar-refractivity contribution in [1.29, 1.82) is 0 Å². The zero-order chi connectivity index (χ0) is 7.61. The predicted octanol–water partition coefficient (Wildman–Crippen LogP) is 4.06. The molecule has 0 bridgehead atoms. The molecule has 60 valence electrons. The molecule has 0 aromatic heterocycles. The molecule has 3 heteroatoms. The molecule has 0 spiro atoms. The summed E-state index contributed by atoms with van der Waals surface area (Å²) in [5.41, 5.74) is 0. The van der Waals surface area contributed by atoms with Crippen molar-refractivity contribution in [2.24, 2.45) is 5.92 Å². The maximum absolute atomic E-state index is 3.71. The zero-order valence-electron chi connectivity index (χ0n) is 5.75. The van der Waals surface area contributed by atoms with Crippen LogP contribution in [0.2, 0.25) is 0 Å². The van der Waals surface area contributed by atoms with E-state index in [9.17, 15) is 0 Å². The second kappa shape index (κ2) is 3.90. The number of hydrogen-bond acceptors (Lipinski definition) is 0. The van der Waals surface area contributed by atoms with Crippen molar-refractivity contribution in [2.45, 2.75) is 28.9 Å². The average molecular weight is 335 g/mol. The van der Waals surface area contributed by atoms with Crippen LogP contribution >= 0.6 is 47.8 Å². The van der Waals surface area contributed by atoms with Crippen LogP contribution in [0.4, 0.5) is 0 Å². The molecule has 0 aromatic carbocycles. The summed E-state index contributed by atoms with van der Waals surface area (Å²) in [5.74, 6) is 0.751. The molecule has 0 radical (unpaired) electrons. The van der Waals surface area contributed by atoms with E-state index in [1.807, 2.05) is 0 Å². The highest BCUT2D eigenvalue weighted by atomic mass is 79.9. The summed E-state index contributed by atoms with van der Waals surface area (Å²) >= 11 is 10.9. The molecule has 0 N–H and O–H groups in total. The first-order chi connectivity index (χ1) is 4.67. The topological polar surface area (TPSA) is 0 Å². The van der Waals surface area contributed by atoms with Gasteiger partial charge in [0.05, 0.1) is 3.23 Å². The standard InChI is InChI=1S/C7H11Br3/c8-5-6-3-1-2-4-7(6,9)10/h6H,1-5H2. The van der Waals surface area contributed by atoms with Crippen molar-refractivity contribution in [1.82, 2.24) is 0 Å². The number of rotatable bonds is 1. The molecule has 0 nitrogen and oxygen atoms in total. The van der Waals surface area contributed by atoms with Gasteiger partial charge in [-0.1, -0.05) is 60.6 Å². The minimum atomic E-state index is 0.224. The molecular formula is C7H11Br3. The quantitative estimate of drug-likeness (QED) is 0.634. The Bertz CT molecular complexity index is 111. The summed E-state index contributed by atoms with van der Waals surface area (Å²) < 4.78 is 0.224. The van der Waals surface area contributed by atoms with Gasteiger partial charge in [0.25, 0.3) is 0 Å². The zero-order valence-corrected chi connectivity index (χ0v) is 10.5. The Morgan fingerprint density at radius 1 is 1.30 bits per heavy atom. The molecular weight excluding hydrogens is 324 g/mol. The Kier molecular flexibility index (Phi) is 3.72. The SMILES string of the molecule is BrCC1CCCCC1(Br)Br. The maximum atomic E-state index is 3.71. The van der Waals surface area contributed by atoms with Gasteiger partial charge in [0, 0.05) is 5.33 Å². The molecule has 10 heavy (non-hydrogen) atoms. The van der Waals surface area contributed by atoms with Crippen molar-refractivity contribution in [2.75, 3.05) is 5.33 Å². The minimum absolute atomic E-state index is 0.224. The highest BCUT2D eigenvalue weighted by Gasteiger charge is 2.34. The van der Waals surface area contributed by atoms with Crippen molar-refractivity contribution in [3.05, 3.63) is 0 Å². The summed E-state index contributed by atoms with van der Waals surface area (Å²) in [4.78, 5) is 0. The van der Waals surface area contributed by atoms with Gasteiger partial charge in [-0.3, -0.25) is 0 Å². The molecule has 1 atom stereocenters. The van der Waals surface area contributed by atoms with Gasteiger partial charge < -0.3 is 0 Å². The largest absolute Gasteiger partial charge is 0.0924 e. The first-order valence-corrected chi connectivity index (χ1v) is 6.31. The second-order valence-electron chi connectivity index (χ2n) is 2.86. The molecule has 1 unspecified atom stereocenters. The van der Waals surface area contributed by atoms with Crippen LogP contribution in [0.1, 0.15) is 25.7 Å². The third-order valence-electron chi connectivity index (χ3n) is 2.10. The van der Waals surface area contributed by atoms with Crippen LogP contribution in [-0.2, 0) is 0 Å². The van der Waals surface area contributed by atoms with E-state index in [0.29, 0.717) is 0 Å². The fourth-order valence-electron chi connectivity index (χ4n) is 1.36. The highest BCUT2D eigenvalue weighted by Crippen LogP contribution is 2.46. The molecule has 1 aliphatic carbocycles. The van der Waals surface area contributed by atoms with Gasteiger partial charge in [-0.15, -0.1) is 0 Å². The van der Waals surface area contributed by atoms with Gasteiger partial charge >= 0.3 is 0 Å². The van der Waals surface area contributed by atoms with Crippen molar-refractivity contribution in [3.63, 3.8) is 0 Å².